The first-order valence-corrected chi connectivity index (χ1v) is 12.1. The van der Waals surface area contributed by atoms with Gasteiger partial charge in [0.05, 0.1) is 11.9 Å². The summed E-state index contributed by atoms with van der Waals surface area (Å²) < 4.78 is 25.9. The first kappa shape index (κ1) is 24.4. The number of nitrogens with one attached hydrogen (secondary N) is 1. The maximum absolute atomic E-state index is 13.3. The summed E-state index contributed by atoms with van der Waals surface area (Å²) in [6.07, 6.45) is 1.83. The highest BCUT2D eigenvalue weighted by Crippen LogP contribution is 2.18. The molecule has 0 heterocycles. The van der Waals surface area contributed by atoms with Crippen LogP contribution >= 0.6 is 0 Å². The van der Waals surface area contributed by atoms with Crippen molar-refractivity contribution in [2.24, 2.45) is 0 Å². The van der Waals surface area contributed by atoms with Crippen LogP contribution in [-0.2, 0) is 26.2 Å². The van der Waals surface area contributed by atoms with Gasteiger partial charge in [0.1, 0.15) is 12.6 Å². The molecule has 0 bridgehead atoms. The molecule has 31 heavy (non-hydrogen) atoms. The number of anilines is 1. The number of para-hydroxylation sites is 1. The van der Waals surface area contributed by atoms with E-state index >= 15 is 0 Å². The van der Waals surface area contributed by atoms with Crippen LogP contribution in [0.2, 0.25) is 0 Å². The second-order valence-corrected chi connectivity index (χ2v) is 9.51. The molecule has 2 amide bonds. The van der Waals surface area contributed by atoms with Crippen molar-refractivity contribution in [3.8, 4) is 0 Å². The number of benzene rings is 2. The van der Waals surface area contributed by atoms with Gasteiger partial charge in [0.2, 0.25) is 21.8 Å². The first-order valence-electron chi connectivity index (χ1n) is 10.3. The van der Waals surface area contributed by atoms with Gasteiger partial charge in [-0.1, -0.05) is 55.5 Å². The van der Waals surface area contributed by atoms with E-state index in [1.54, 1.807) is 37.3 Å². The zero-order valence-corrected chi connectivity index (χ0v) is 19.3. The molecule has 2 aromatic rings. The quantitative estimate of drug-likeness (QED) is 0.609. The fourth-order valence-corrected chi connectivity index (χ4v) is 3.89. The van der Waals surface area contributed by atoms with E-state index in [1.165, 1.54) is 4.90 Å². The molecule has 0 aliphatic carbocycles. The van der Waals surface area contributed by atoms with Crippen molar-refractivity contribution < 1.29 is 18.0 Å². The fourth-order valence-electron chi connectivity index (χ4n) is 3.04. The lowest BCUT2D eigenvalue weighted by Gasteiger charge is -2.32. The minimum atomic E-state index is -3.70. The Morgan fingerprint density at radius 3 is 2.03 bits per heavy atom. The fraction of sp³-hybridized carbons (Fsp3) is 0.391. The van der Waals surface area contributed by atoms with Crippen molar-refractivity contribution >= 4 is 27.5 Å². The van der Waals surface area contributed by atoms with Crippen LogP contribution in [-0.4, -0.2) is 50.0 Å². The number of sulfonamides is 1. The molecule has 0 radical (unpaired) electrons. The third-order valence-corrected chi connectivity index (χ3v) is 6.23. The van der Waals surface area contributed by atoms with Crippen LogP contribution < -0.4 is 9.62 Å². The van der Waals surface area contributed by atoms with Crippen molar-refractivity contribution in [3.63, 3.8) is 0 Å². The SMILES string of the molecule is CC[C@@H](C)NC(=O)[C@H](C)N(Cc1ccccc1)C(=O)CN(c1ccccc1)S(C)(=O)=O. The van der Waals surface area contributed by atoms with E-state index in [4.69, 9.17) is 0 Å². The van der Waals surface area contributed by atoms with Gasteiger partial charge in [-0.15, -0.1) is 0 Å². The molecule has 1 N–H and O–H groups in total. The second-order valence-electron chi connectivity index (χ2n) is 7.61. The molecule has 0 aromatic heterocycles. The van der Waals surface area contributed by atoms with E-state index in [9.17, 15) is 18.0 Å². The maximum Gasteiger partial charge on any atom is 0.244 e. The molecule has 0 spiro atoms. The van der Waals surface area contributed by atoms with E-state index in [1.807, 2.05) is 44.2 Å². The summed E-state index contributed by atoms with van der Waals surface area (Å²) >= 11 is 0. The molecule has 168 valence electrons. The standard InChI is InChI=1S/C23H31N3O4S/c1-5-18(2)24-23(28)19(3)25(16-20-12-8-6-9-13-20)22(27)17-26(31(4,29)30)21-14-10-7-11-15-21/h6-15,18-19H,5,16-17H2,1-4H3,(H,24,28)/t18-,19+/m1/s1. The highest BCUT2D eigenvalue weighted by Gasteiger charge is 2.30. The summed E-state index contributed by atoms with van der Waals surface area (Å²) in [5, 5.41) is 2.90. The highest BCUT2D eigenvalue weighted by molar-refractivity contribution is 7.92. The van der Waals surface area contributed by atoms with Gasteiger partial charge >= 0.3 is 0 Å². The lowest BCUT2D eigenvalue weighted by molar-refractivity contribution is -0.139. The smallest absolute Gasteiger partial charge is 0.244 e. The molecule has 0 fully saturated rings. The zero-order chi connectivity index (χ0) is 23.0. The third kappa shape index (κ3) is 7.10. The second kappa shape index (κ2) is 10.9. The zero-order valence-electron chi connectivity index (χ0n) is 18.5. The van der Waals surface area contributed by atoms with Gasteiger partial charge in [0.25, 0.3) is 0 Å². The van der Waals surface area contributed by atoms with E-state index < -0.39 is 28.5 Å². The summed E-state index contributed by atoms with van der Waals surface area (Å²) in [5.41, 5.74) is 1.25. The molecule has 8 heteroatoms. The van der Waals surface area contributed by atoms with Gasteiger partial charge in [0, 0.05) is 12.6 Å². The van der Waals surface area contributed by atoms with E-state index in [0.717, 1.165) is 22.5 Å². The van der Waals surface area contributed by atoms with Gasteiger partial charge in [-0.2, -0.15) is 0 Å². The topological polar surface area (TPSA) is 86.8 Å². The molecular weight excluding hydrogens is 414 g/mol. The molecule has 0 unspecified atom stereocenters. The lowest BCUT2D eigenvalue weighted by Crippen LogP contribution is -2.52. The predicted molar refractivity (Wildman–Crippen MR) is 123 cm³/mol. The molecule has 2 atom stereocenters. The number of hydrogen-bond acceptors (Lipinski definition) is 4. The van der Waals surface area contributed by atoms with E-state index in [-0.39, 0.29) is 18.5 Å². The summed E-state index contributed by atoms with van der Waals surface area (Å²) in [6.45, 7) is 5.32. The Morgan fingerprint density at radius 1 is 0.968 bits per heavy atom. The van der Waals surface area contributed by atoms with Crippen LogP contribution in [0.3, 0.4) is 0 Å². The number of carbonyl (C=O) groups is 2. The Morgan fingerprint density at radius 2 is 1.52 bits per heavy atom. The van der Waals surface area contributed by atoms with Crippen LogP contribution in [0.1, 0.15) is 32.8 Å². The first-order chi connectivity index (χ1) is 14.6. The maximum atomic E-state index is 13.3. The average Bonchev–Trinajstić information content (AvgIpc) is 2.75. The highest BCUT2D eigenvalue weighted by atomic mass is 32.2. The van der Waals surface area contributed by atoms with Crippen LogP contribution in [0.5, 0.6) is 0 Å². The summed E-state index contributed by atoms with van der Waals surface area (Å²) in [6, 6.07) is 17.0. The number of amides is 2. The Bertz CT molecular complexity index is 965. The van der Waals surface area contributed by atoms with Gasteiger partial charge in [0.15, 0.2) is 0 Å². The minimum absolute atomic E-state index is 0.0273. The Balaban J connectivity index is 2.32. The monoisotopic (exact) mass is 445 g/mol. The molecule has 2 rings (SSSR count). The number of rotatable bonds is 10. The number of carbonyl (C=O) groups excluding carboxylic acids is 2. The molecule has 2 aromatic carbocycles. The summed E-state index contributed by atoms with van der Waals surface area (Å²) in [4.78, 5) is 27.5. The molecule has 0 saturated heterocycles. The number of nitrogens with zero attached hydrogens (tertiary/aromatic N) is 2. The average molecular weight is 446 g/mol. The van der Waals surface area contributed by atoms with E-state index in [0.29, 0.717) is 5.69 Å². The molecular formula is C23H31N3O4S. The van der Waals surface area contributed by atoms with Crippen LogP contribution in [0.4, 0.5) is 5.69 Å². The Kier molecular flexibility index (Phi) is 8.62. The Hall–Kier alpha value is -2.87. The van der Waals surface area contributed by atoms with Gasteiger partial charge in [-0.3, -0.25) is 13.9 Å². The van der Waals surface area contributed by atoms with Crippen LogP contribution in [0.25, 0.3) is 0 Å². The van der Waals surface area contributed by atoms with Crippen molar-refractivity contribution in [3.05, 3.63) is 66.2 Å². The molecule has 0 aliphatic rings. The van der Waals surface area contributed by atoms with Crippen molar-refractivity contribution in [1.29, 1.82) is 0 Å². The molecule has 0 saturated carbocycles. The van der Waals surface area contributed by atoms with Gasteiger partial charge in [-0.25, -0.2) is 8.42 Å². The largest absolute Gasteiger partial charge is 0.352 e. The minimum Gasteiger partial charge on any atom is -0.352 e. The molecule has 7 nitrogen and oxygen atoms in total. The predicted octanol–water partition coefficient (Wildman–Crippen LogP) is 2.78. The van der Waals surface area contributed by atoms with Crippen molar-refractivity contribution in [2.75, 3.05) is 17.1 Å². The Labute approximate surface area is 185 Å². The third-order valence-electron chi connectivity index (χ3n) is 5.09. The van der Waals surface area contributed by atoms with E-state index in [2.05, 4.69) is 5.32 Å². The number of hydrogen-bond donors (Lipinski definition) is 1. The van der Waals surface area contributed by atoms with Crippen LogP contribution in [0.15, 0.2) is 60.7 Å². The lowest BCUT2D eigenvalue weighted by atomic mass is 10.1. The summed E-state index contributed by atoms with van der Waals surface area (Å²) in [7, 11) is -3.70. The summed E-state index contributed by atoms with van der Waals surface area (Å²) in [5.74, 6) is -0.728. The van der Waals surface area contributed by atoms with Crippen molar-refractivity contribution in [2.45, 2.75) is 45.8 Å². The van der Waals surface area contributed by atoms with Gasteiger partial charge in [-0.05, 0) is 38.0 Å². The van der Waals surface area contributed by atoms with Crippen molar-refractivity contribution in [1.82, 2.24) is 10.2 Å². The molecule has 0 aliphatic heterocycles. The normalized spacial score (nSPS) is 13.2. The van der Waals surface area contributed by atoms with Gasteiger partial charge < -0.3 is 10.2 Å². The van der Waals surface area contributed by atoms with Crippen LogP contribution in [0, 0.1) is 0 Å².